The molecule has 6 heteroatoms. The molecule has 0 saturated carbocycles. The molecule has 3 rings (SSSR count). The Kier molecular flexibility index (Phi) is 7.91. The quantitative estimate of drug-likeness (QED) is 0.690. The van der Waals surface area contributed by atoms with E-state index in [-0.39, 0.29) is 5.91 Å². The van der Waals surface area contributed by atoms with Crippen LogP contribution in [0.15, 0.2) is 54.6 Å². The van der Waals surface area contributed by atoms with E-state index in [2.05, 4.69) is 10.2 Å². The van der Waals surface area contributed by atoms with Gasteiger partial charge in [-0.15, -0.1) is 0 Å². The fourth-order valence-corrected chi connectivity index (χ4v) is 2.98. The Morgan fingerprint density at radius 2 is 1.96 bits per heavy atom. The lowest BCUT2D eigenvalue weighted by Gasteiger charge is -2.26. The van der Waals surface area contributed by atoms with E-state index in [9.17, 15) is 4.79 Å². The number of amides is 1. The minimum atomic E-state index is -0.145. The summed E-state index contributed by atoms with van der Waals surface area (Å²) in [7, 11) is 0. The van der Waals surface area contributed by atoms with E-state index < -0.39 is 0 Å². The molecule has 0 spiro atoms. The van der Waals surface area contributed by atoms with E-state index in [0.717, 1.165) is 49.7 Å². The number of nitrogens with zero attached hydrogens (tertiary/aromatic N) is 1. The number of rotatable bonds is 8. The van der Waals surface area contributed by atoms with E-state index in [0.29, 0.717) is 18.2 Å². The molecule has 2 aromatic rings. The van der Waals surface area contributed by atoms with Crippen LogP contribution < -0.4 is 10.1 Å². The monoisotopic (exact) mass is 400 g/mol. The van der Waals surface area contributed by atoms with Gasteiger partial charge in [0, 0.05) is 37.3 Å². The fraction of sp³-hybridized carbons (Fsp3) is 0.318. The first-order valence-electron chi connectivity index (χ1n) is 9.42. The first-order valence-corrected chi connectivity index (χ1v) is 9.80. The van der Waals surface area contributed by atoms with Gasteiger partial charge in [-0.05, 0) is 41.5 Å². The van der Waals surface area contributed by atoms with Crippen LogP contribution in [0.5, 0.6) is 5.75 Å². The van der Waals surface area contributed by atoms with Crippen LogP contribution in [-0.2, 0) is 16.1 Å². The summed E-state index contributed by atoms with van der Waals surface area (Å²) in [4.78, 5) is 14.4. The average Bonchev–Trinajstić information content (AvgIpc) is 2.73. The highest BCUT2D eigenvalue weighted by molar-refractivity contribution is 6.30. The molecule has 1 amide bonds. The van der Waals surface area contributed by atoms with Crippen molar-refractivity contribution in [2.24, 2.45) is 0 Å². The second-order valence-corrected chi connectivity index (χ2v) is 6.99. The molecular formula is C22H25ClN2O3. The Morgan fingerprint density at radius 3 is 2.75 bits per heavy atom. The number of morpholine rings is 1. The zero-order valence-corrected chi connectivity index (χ0v) is 16.5. The Bertz CT molecular complexity index is 787. The first kappa shape index (κ1) is 20.4. The second kappa shape index (κ2) is 10.9. The van der Waals surface area contributed by atoms with Crippen LogP contribution in [0.3, 0.4) is 0 Å². The van der Waals surface area contributed by atoms with Crippen molar-refractivity contribution < 1.29 is 14.3 Å². The highest BCUT2D eigenvalue weighted by atomic mass is 35.5. The largest absolute Gasteiger partial charge is 0.492 e. The molecule has 0 atom stereocenters. The standard InChI is InChI=1S/C22H25ClN2O3/c23-20-7-4-18(5-8-20)6-9-22(26)24-17-19-2-1-3-21(16-19)28-15-12-25-10-13-27-14-11-25/h1-9,16H,10-15,17H2,(H,24,26). The van der Waals surface area contributed by atoms with Gasteiger partial charge in [-0.2, -0.15) is 0 Å². The van der Waals surface area contributed by atoms with Gasteiger partial charge >= 0.3 is 0 Å². The predicted molar refractivity (Wildman–Crippen MR) is 112 cm³/mol. The summed E-state index contributed by atoms with van der Waals surface area (Å²) in [6.45, 7) is 5.48. The topological polar surface area (TPSA) is 50.8 Å². The number of halogens is 1. The van der Waals surface area contributed by atoms with E-state index in [1.54, 1.807) is 18.2 Å². The molecule has 1 aliphatic heterocycles. The third-order valence-electron chi connectivity index (χ3n) is 4.44. The summed E-state index contributed by atoms with van der Waals surface area (Å²) >= 11 is 5.85. The minimum Gasteiger partial charge on any atom is -0.492 e. The lowest BCUT2D eigenvalue weighted by atomic mass is 10.2. The van der Waals surface area contributed by atoms with Crippen molar-refractivity contribution >= 4 is 23.6 Å². The molecule has 0 aromatic heterocycles. The minimum absolute atomic E-state index is 0.145. The number of ether oxygens (including phenoxy) is 2. The molecule has 0 aliphatic carbocycles. The van der Waals surface area contributed by atoms with Crippen LogP contribution in [0.25, 0.3) is 6.08 Å². The first-order chi connectivity index (χ1) is 13.7. The van der Waals surface area contributed by atoms with Gasteiger partial charge in [0.1, 0.15) is 12.4 Å². The van der Waals surface area contributed by atoms with Crippen molar-refractivity contribution in [3.63, 3.8) is 0 Å². The van der Waals surface area contributed by atoms with Gasteiger partial charge < -0.3 is 14.8 Å². The van der Waals surface area contributed by atoms with Gasteiger partial charge in [0.25, 0.3) is 0 Å². The van der Waals surface area contributed by atoms with Crippen LogP contribution in [-0.4, -0.2) is 50.3 Å². The number of carbonyl (C=O) groups is 1. The molecule has 1 N–H and O–H groups in total. The van der Waals surface area contributed by atoms with Gasteiger partial charge in [-0.25, -0.2) is 0 Å². The van der Waals surface area contributed by atoms with Crippen LogP contribution in [0.2, 0.25) is 5.02 Å². The molecule has 1 heterocycles. The summed E-state index contributed by atoms with van der Waals surface area (Å²) < 4.78 is 11.2. The number of hydrogen-bond donors (Lipinski definition) is 1. The average molecular weight is 401 g/mol. The summed E-state index contributed by atoms with van der Waals surface area (Å²) in [5, 5.41) is 3.56. The highest BCUT2D eigenvalue weighted by Crippen LogP contribution is 2.14. The Hall–Kier alpha value is -2.34. The normalized spacial score (nSPS) is 14.9. The maximum absolute atomic E-state index is 12.0. The van der Waals surface area contributed by atoms with Crippen molar-refractivity contribution in [2.45, 2.75) is 6.54 Å². The number of hydrogen-bond acceptors (Lipinski definition) is 4. The predicted octanol–water partition coefficient (Wildman–Crippen LogP) is 3.38. The molecule has 1 fully saturated rings. The smallest absolute Gasteiger partial charge is 0.244 e. The zero-order valence-electron chi connectivity index (χ0n) is 15.8. The molecular weight excluding hydrogens is 376 g/mol. The number of nitrogens with one attached hydrogen (secondary N) is 1. The third kappa shape index (κ3) is 7.00. The van der Waals surface area contributed by atoms with Crippen molar-refractivity contribution in [3.05, 3.63) is 70.8 Å². The van der Waals surface area contributed by atoms with Gasteiger partial charge in [0.2, 0.25) is 5.91 Å². The Morgan fingerprint density at radius 1 is 1.18 bits per heavy atom. The van der Waals surface area contributed by atoms with Gasteiger partial charge in [-0.1, -0.05) is 35.9 Å². The van der Waals surface area contributed by atoms with E-state index >= 15 is 0 Å². The summed E-state index contributed by atoms with van der Waals surface area (Å²) in [6, 6.07) is 15.1. The van der Waals surface area contributed by atoms with Gasteiger partial charge in [0.15, 0.2) is 0 Å². The van der Waals surface area contributed by atoms with Gasteiger partial charge in [-0.3, -0.25) is 9.69 Å². The van der Waals surface area contributed by atoms with Crippen molar-refractivity contribution in [1.29, 1.82) is 0 Å². The molecule has 0 unspecified atom stereocenters. The molecule has 28 heavy (non-hydrogen) atoms. The van der Waals surface area contributed by atoms with Crippen LogP contribution in [0, 0.1) is 0 Å². The van der Waals surface area contributed by atoms with Crippen LogP contribution >= 0.6 is 11.6 Å². The summed E-state index contributed by atoms with van der Waals surface area (Å²) in [6.07, 6.45) is 3.28. The van der Waals surface area contributed by atoms with E-state index in [4.69, 9.17) is 21.1 Å². The SMILES string of the molecule is O=C(C=Cc1ccc(Cl)cc1)NCc1cccc(OCCN2CCOCC2)c1. The maximum atomic E-state index is 12.0. The van der Waals surface area contributed by atoms with E-state index in [1.165, 1.54) is 6.08 Å². The molecule has 148 valence electrons. The number of carbonyl (C=O) groups excluding carboxylic acids is 1. The van der Waals surface area contributed by atoms with Crippen molar-refractivity contribution in [3.8, 4) is 5.75 Å². The molecule has 2 aromatic carbocycles. The van der Waals surface area contributed by atoms with E-state index in [1.807, 2.05) is 36.4 Å². The highest BCUT2D eigenvalue weighted by Gasteiger charge is 2.09. The molecule has 0 radical (unpaired) electrons. The Labute approximate surface area is 170 Å². The van der Waals surface area contributed by atoms with Crippen molar-refractivity contribution in [1.82, 2.24) is 10.2 Å². The summed E-state index contributed by atoms with van der Waals surface area (Å²) in [5.41, 5.74) is 1.92. The molecule has 1 saturated heterocycles. The molecule has 1 aliphatic rings. The molecule has 0 bridgehead atoms. The lowest BCUT2D eigenvalue weighted by Crippen LogP contribution is -2.38. The third-order valence-corrected chi connectivity index (χ3v) is 4.69. The van der Waals surface area contributed by atoms with Crippen molar-refractivity contribution in [2.75, 3.05) is 39.5 Å². The number of benzene rings is 2. The Balaban J connectivity index is 1.42. The fourth-order valence-electron chi connectivity index (χ4n) is 2.86. The molecule has 5 nitrogen and oxygen atoms in total. The second-order valence-electron chi connectivity index (χ2n) is 6.55. The maximum Gasteiger partial charge on any atom is 0.244 e. The van der Waals surface area contributed by atoms with Crippen LogP contribution in [0.4, 0.5) is 0 Å². The van der Waals surface area contributed by atoms with Crippen LogP contribution in [0.1, 0.15) is 11.1 Å². The van der Waals surface area contributed by atoms with Gasteiger partial charge in [0.05, 0.1) is 13.2 Å². The summed E-state index contributed by atoms with van der Waals surface area (Å²) in [5.74, 6) is 0.672. The lowest BCUT2D eigenvalue weighted by molar-refractivity contribution is -0.116. The zero-order chi connectivity index (χ0) is 19.6.